The van der Waals surface area contributed by atoms with Gasteiger partial charge in [0, 0.05) is 6.54 Å². The molecule has 0 aliphatic carbocycles. The largest absolute Gasteiger partial charge is 0.480 e. The van der Waals surface area contributed by atoms with Crippen molar-refractivity contribution in [2.24, 2.45) is 0 Å². The molecule has 1 amide bonds. The molecule has 0 spiro atoms. The van der Waals surface area contributed by atoms with Crippen molar-refractivity contribution in [3.8, 4) is 0 Å². The number of carbonyl (C=O) groups excluding carboxylic acids is 1. The van der Waals surface area contributed by atoms with Crippen molar-refractivity contribution < 1.29 is 36.4 Å². The van der Waals surface area contributed by atoms with Crippen LogP contribution in [0.1, 0.15) is 116 Å². The van der Waals surface area contributed by atoms with Crippen molar-refractivity contribution in [1.29, 1.82) is 0 Å². The van der Waals surface area contributed by atoms with E-state index in [1.807, 2.05) is 0 Å². The normalized spacial score (nSPS) is 13.5. The predicted octanol–water partition coefficient (Wildman–Crippen LogP) is 4.94. The molecule has 0 aromatic rings. The molecule has 0 bridgehead atoms. The Morgan fingerprint density at radius 1 is 0.788 bits per heavy atom. The maximum atomic E-state index is 12.1. The molecule has 0 fully saturated rings. The number of hydrogen-bond donors (Lipinski definition) is 3. The van der Waals surface area contributed by atoms with E-state index in [2.05, 4.69) is 6.92 Å². The number of carboxylic acid groups (broad SMARTS) is 1. The van der Waals surface area contributed by atoms with Gasteiger partial charge in [0.2, 0.25) is 5.91 Å². The Morgan fingerprint density at radius 2 is 1.15 bits per heavy atom. The summed E-state index contributed by atoms with van der Waals surface area (Å²) >= 11 is -2.84. The highest BCUT2D eigenvalue weighted by molar-refractivity contribution is 7.84. The highest BCUT2D eigenvalue weighted by Gasteiger charge is 2.33. The number of carboxylic acids is 1. The first kappa shape index (κ1) is 32.0. The number of rotatable bonds is 22. The van der Waals surface area contributed by atoms with Crippen LogP contribution in [-0.2, 0) is 31.0 Å². The smallest absolute Gasteiger partial charge is 0.362 e. The number of amides is 1. The first-order valence-corrected chi connectivity index (χ1v) is 14.8. The average molecular weight is 514 g/mol. The zero-order chi connectivity index (χ0) is 25.1. The molecule has 0 rings (SSSR count). The zero-order valence-corrected chi connectivity index (χ0v) is 21.6. The summed E-state index contributed by atoms with van der Waals surface area (Å²) in [5, 5.41) is 6.91. The van der Waals surface area contributed by atoms with Crippen LogP contribution in [0.15, 0.2) is 0 Å². The second-order valence-electron chi connectivity index (χ2n) is 8.55. The molecule has 2 unspecified atom stereocenters. The summed E-state index contributed by atoms with van der Waals surface area (Å²) in [6.45, 7) is 1.94. The fourth-order valence-electron chi connectivity index (χ4n) is 3.68. The molecule has 196 valence electrons. The predicted molar refractivity (Wildman–Crippen MR) is 130 cm³/mol. The van der Waals surface area contributed by atoms with Gasteiger partial charge in [0.15, 0.2) is 16.3 Å². The second-order valence-corrected chi connectivity index (χ2v) is 11.0. The molecular weight excluding hydrogens is 470 g/mol. The van der Waals surface area contributed by atoms with Crippen LogP contribution in [0.25, 0.3) is 0 Å². The summed E-state index contributed by atoms with van der Waals surface area (Å²) in [6, 6.07) is 0. The van der Waals surface area contributed by atoms with Gasteiger partial charge in [-0.1, -0.05) is 103 Å². The third kappa shape index (κ3) is 17.1. The van der Waals surface area contributed by atoms with Crippen molar-refractivity contribution >= 4 is 33.3 Å². The highest BCUT2D eigenvalue weighted by Crippen LogP contribution is 2.15. The van der Waals surface area contributed by atoms with E-state index in [9.17, 15) is 26.8 Å². The SMILES string of the molecule is CCCCCCCCCCCCCCCCCCN(C(=O)CC(C(=O)O)S(=O)O)S(=O)(=O)O. The van der Waals surface area contributed by atoms with Crippen LogP contribution in [-0.4, -0.2) is 54.8 Å². The molecule has 0 heterocycles. The lowest BCUT2D eigenvalue weighted by atomic mass is 10.0. The minimum absolute atomic E-state index is 0.180. The fraction of sp³-hybridized carbons (Fsp3) is 0.909. The van der Waals surface area contributed by atoms with Gasteiger partial charge in [-0.05, 0) is 6.42 Å². The second kappa shape index (κ2) is 19.3. The summed E-state index contributed by atoms with van der Waals surface area (Å²) in [5.74, 6) is -2.91. The first-order chi connectivity index (χ1) is 15.6. The number of aliphatic carboxylic acids is 1. The van der Waals surface area contributed by atoms with Gasteiger partial charge in [0.05, 0.1) is 6.42 Å². The van der Waals surface area contributed by atoms with E-state index in [-0.39, 0.29) is 10.8 Å². The molecule has 0 radical (unpaired) electrons. The maximum absolute atomic E-state index is 12.1. The summed E-state index contributed by atoms with van der Waals surface area (Å²) in [5.41, 5.74) is 0. The highest BCUT2D eigenvalue weighted by atomic mass is 32.2. The molecule has 2 atom stereocenters. The molecule has 0 aromatic heterocycles. The Balaban J connectivity index is 3.91. The molecule has 11 heteroatoms. The van der Waals surface area contributed by atoms with Gasteiger partial charge in [0.25, 0.3) is 0 Å². The van der Waals surface area contributed by atoms with Crippen LogP contribution in [0.3, 0.4) is 0 Å². The van der Waals surface area contributed by atoms with Crippen LogP contribution in [0.2, 0.25) is 0 Å². The number of nitrogens with zero attached hydrogens (tertiary/aromatic N) is 1. The van der Waals surface area contributed by atoms with Crippen molar-refractivity contribution in [3.05, 3.63) is 0 Å². The number of hydrogen-bond acceptors (Lipinski definition) is 5. The molecule has 33 heavy (non-hydrogen) atoms. The summed E-state index contributed by atoms with van der Waals surface area (Å²) in [7, 11) is -4.87. The van der Waals surface area contributed by atoms with Gasteiger partial charge in [-0.2, -0.15) is 8.42 Å². The van der Waals surface area contributed by atoms with Crippen LogP contribution < -0.4 is 0 Å². The lowest BCUT2D eigenvalue weighted by Crippen LogP contribution is -2.41. The average Bonchev–Trinajstić information content (AvgIpc) is 2.72. The molecule has 3 N–H and O–H groups in total. The quantitative estimate of drug-likeness (QED) is 0.105. The van der Waals surface area contributed by atoms with Crippen LogP contribution >= 0.6 is 0 Å². The molecule has 0 saturated heterocycles. The maximum Gasteiger partial charge on any atom is 0.362 e. The lowest BCUT2D eigenvalue weighted by molar-refractivity contribution is -0.139. The molecule has 9 nitrogen and oxygen atoms in total. The first-order valence-electron chi connectivity index (χ1n) is 12.2. The van der Waals surface area contributed by atoms with E-state index in [1.165, 1.54) is 70.6 Å². The summed E-state index contributed by atoms with van der Waals surface area (Å²) in [6.07, 6.45) is 17.2. The fourth-order valence-corrected chi connectivity index (χ4v) is 4.83. The Morgan fingerprint density at radius 3 is 1.45 bits per heavy atom. The Labute approximate surface area is 201 Å². The Bertz CT molecular complexity index is 655. The van der Waals surface area contributed by atoms with E-state index in [1.54, 1.807) is 0 Å². The van der Waals surface area contributed by atoms with Gasteiger partial charge in [-0.3, -0.25) is 14.1 Å². The van der Waals surface area contributed by atoms with Crippen molar-refractivity contribution in [2.75, 3.05) is 6.54 Å². The van der Waals surface area contributed by atoms with E-state index >= 15 is 0 Å². The van der Waals surface area contributed by atoms with Crippen LogP contribution in [0.5, 0.6) is 0 Å². The van der Waals surface area contributed by atoms with Crippen LogP contribution in [0.4, 0.5) is 0 Å². The third-order valence-electron chi connectivity index (χ3n) is 5.65. The standard InChI is InChI=1S/C22H43NO8S2/c1-2-3-4-5-6-7-8-9-10-11-12-13-14-15-16-17-18-23(33(29,30)31)21(24)19-20(22(25)26)32(27)28/h20H,2-19H2,1H3,(H,25,26)(H,27,28)(H,29,30,31). The zero-order valence-electron chi connectivity index (χ0n) is 20.0. The molecule has 0 aliphatic rings. The van der Waals surface area contributed by atoms with Crippen molar-refractivity contribution in [3.63, 3.8) is 0 Å². The van der Waals surface area contributed by atoms with Crippen LogP contribution in [0, 0.1) is 0 Å². The summed E-state index contributed by atoms with van der Waals surface area (Å²) in [4.78, 5) is 23.0. The van der Waals surface area contributed by atoms with Gasteiger partial charge < -0.3 is 9.66 Å². The van der Waals surface area contributed by atoms with Gasteiger partial charge in [-0.15, -0.1) is 0 Å². The Hall–Kier alpha value is -1.04. The minimum Gasteiger partial charge on any atom is -0.480 e. The minimum atomic E-state index is -4.87. The number of unbranched alkanes of at least 4 members (excludes halogenated alkanes) is 15. The van der Waals surface area contributed by atoms with E-state index in [4.69, 9.17) is 9.66 Å². The van der Waals surface area contributed by atoms with Gasteiger partial charge >= 0.3 is 16.3 Å². The van der Waals surface area contributed by atoms with E-state index in [0.29, 0.717) is 12.8 Å². The summed E-state index contributed by atoms with van der Waals surface area (Å²) < 4.78 is 52.3. The monoisotopic (exact) mass is 513 g/mol. The third-order valence-corrected chi connectivity index (χ3v) is 7.45. The van der Waals surface area contributed by atoms with Gasteiger partial charge in [0.1, 0.15) is 0 Å². The van der Waals surface area contributed by atoms with Gasteiger partial charge in [-0.25, -0.2) is 8.51 Å². The number of carbonyl (C=O) groups is 2. The molecule has 0 aliphatic heterocycles. The Kier molecular flexibility index (Phi) is 18.7. The molecular formula is C22H43NO8S2. The molecule has 0 saturated carbocycles. The molecule has 0 aromatic carbocycles. The van der Waals surface area contributed by atoms with E-state index < -0.39 is 44.9 Å². The van der Waals surface area contributed by atoms with Crippen molar-refractivity contribution in [2.45, 2.75) is 121 Å². The van der Waals surface area contributed by atoms with Crippen molar-refractivity contribution in [1.82, 2.24) is 4.31 Å². The van der Waals surface area contributed by atoms with E-state index in [0.717, 1.165) is 19.3 Å². The lowest BCUT2D eigenvalue weighted by Gasteiger charge is -2.20. The topological polar surface area (TPSA) is 149 Å².